The molecule has 0 saturated carbocycles. The zero-order chi connectivity index (χ0) is 21.3. The van der Waals surface area contributed by atoms with Crippen molar-refractivity contribution in [3.8, 4) is 0 Å². The first-order chi connectivity index (χ1) is 14.7. The molecular weight excluding hydrogens is 400 g/mol. The van der Waals surface area contributed by atoms with Gasteiger partial charge >= 0.3 is 0 Å². The van der Waals surface area contributed by atoms with Crippen LogP contribution in [0.5, 0.6) is 0 Å². The molecule has 0 aliphatic carbocycles. The Balaban J connectivity index is 1.85. The van der Waals surface area contributed by atoms with Gasteiger partial charge in [-0.15, -0.1) is 22.7 Å². The molecule has 0 spiro atoms. The highest BCUT2D eigenvalue weighted by atomic mass is 32.1. The second kappa shape index (κ2) is 12.2. The standard InChI is InChI=1S/C28H42S2/c1-5-9-11-21(7-3)13-15-23-25-17-19-30-28(25)24(26-18-20-29-27(23)26)16-14-22(8-4)12-10-6-2/h17-22H,5-16H2,1-4H3. The number of hydrogen-bond acceptors (Lipinski definition) is 2. The summed E-state index contributed by atoms with van der Waals surface area (Å²) in [5.74, 6) is 1.77. The molecule has 0 saturated heterocycles. The largest absolute Gasteiger partial charge is 0.143 e. The third-order valence-corrected chi connectivity index (χ3v) is 9.17. The Morgan fingerprint density at radius 2 is 1.07 bits per heavy atom. The summed E-state index contributed by atoms with van der Waals surface area (Å²) in [6.45, 7) is 9.40. The van der Waals surface area contributed by atoms with Crippen LogP contribution in [0.2, 0.25) is 0 Å². The minimum absolute atomic E-state index is 0.886. The van der Waals surface area contributed by atoms with E-state index >= 15 is 0 Å². The first-order valence-electron chi connectivity index (χ1n) is 12.6. The van der Waals surface area contributed by atoms with Crippen LogP contribution >= 0.6 is 22.7 Å². The Bertz CT molecular complexity index is 764. The zero-order valence-corrected chi connectivity index (χ0v) is 21.4. The monoisotopic (exact) mass is 442 g/mol. The predicted octanol–water partition coefficient (Wildman–Crippen LogP) is 10.4. The van der Waals surface area contributed by atoms with E-state index in [4.69, 9.17) is 0 Å². The van der Waals surface area contributed by atoms with Gasteiger partial charge in [0.05, 0.1) is 0 Å². The van der Waals surface area contributed by atoms with Crippen molar-refractivity contribution in [3.63, 3.8) is 0 Å². The highest BCUT2D eigenvalue weighted by Gasteiger charge is 2.18. The quantitative estimate of drug-likeness (QED) is 0.233. The lowest BCUT2D eigenvalue weighted by Crippen LogP contribution is -2.03. The summed E-state index contributed by atoms with van der Waals surface area (Å²) in [6, 6.07) is 4.83. The van der Waals surface area contributed by atoms with Crippen LogP contribution in [0.25, 0.3) is 20.2 Å². The van der Waals surface area contributed by atoms with Gasteiger partial charge < -0.3 is 0 Å². The third kappa shape index (κ3) is 5.68. The van der Waals surface area contributed by atoms with Crippen LogP contribution in [0, 0.1) is 11.8 Å². The lowest BCUT2D eigenvalue weighted by Gasteiger charge is -2.18. The molecule has 0 radical (unpaired) electrons. The van der Waals surface area contributed by atoms with E-state index < -0.39 is 0 Å². The van der Waals surface area contributed by atoms with Crippen LogP contribution in [0.4, 0.5) is 0 Å². The summed E-state index contributed by atoms with van der Waals surface area (Å²) in [5.41, 5.74) is 3.29. The molecule has 0 aliphatic heterocycles. The number of thiophene rings is 2. The molecule has 3 rings (SSSR count). The Morgan fingerprint density at radius 1 is 0.633 bits per heavy atom. The number of benzene rings is 1. The lowest BCUT2D eigenvalue weighted by atomic mass is 9.88. The molecule has 2 aromatic heterocycles. The molecule has 0 aliphatic rings. The Morgan fingerprint density at radius 3 is 1.43 bits per heavy atom. The molecule has 0 amide bonds. The molecule has 1 aromatic carbocycles. The Hall–Kier alpha value is -0.860. The third-order valence-electron chi connectivity index (χ3n) is 7.22. The van der Waals surface area contributed by atoms with Gasteiger partial charge in [-0.25, -0.2) is 0 Å². The van der Waals surface area contributed by atoms with E-state index in [-0.39, 0.29) is 0 Å². The number of aryl methyl sites for hydroxylation is 2. The molecule has 2 heteroatoms. The van der Waals surface area contributed by atoms with Crippen LogP contribution in [-0.4, -0.2) is 0 Å². The fraction of sp³-hybridized carbons (Fsp3) is 0.643. The zero-order valence-electron chi connectivity index (χ0n) is 19.8. The minimum atomic E-state index is 0.886. The number of hydrogen-bond donors (Lipinski definition) is 0. The van der Waals surface area contributed by atoms with Crippen LogP contribution in [0.1, 0.15) is 103 Å². The summed E-state index contributed by atoms with van der Waals surface area (Å²) < 4.78 is 3.17. The molecule has 0 N–H and O–H groups in total. The van der Waals surface area contributed by atoms with Crippen molar-refractivity contribution in [2.45, 2.75) is 105 Å². The Labute approximate surface area is 193 Å². The molecule has 2 heterocycles. The van der Waals surface area contributed by atoms with Gasteiger partial charge in [0.25, 0.3) is 0 Å². The highest BCUT2D eigenvalue weighted by molar-refractivity contribution is 7.19. The highest BCUT2D eigenvalue weighted by Crippen LogP contribution is 2.41. The van der Waals surface area contributed by atoms with E-state index in [1.807, 2.05) is 22.7 Å². The van der Waals surface area contributed by atoms with E-state index in [2.05, 4.69) is 50.6 Å². The maximum absolute atomic E-state index is 2.42. The molecule has 0 bridgehead atoms. The molecule has 0 fully saturated rings. The van der Waals surface area contributed by atoms with Crippen LogP contribution in [0.3, 0.4) is 0 Å². The van der Waals surface area contributed by atoms with Crippen LogP contribution in [0.15, 0.2) is 22.9 Å². The van der Waals surface area contributed by atoms with E-state index in [1.54, 1.807) is 31.3 Å². The number of fused-ring (bicyclic) bond motifs is 2. The summed E-state index contributed by atoms with van der Waals surface area (Å²) in [4.78, 5) is 0. The van der Waals surface area contributed by atoms with Crippen molar-refractivity contribution >= 4 is 42.8 Å². The summed E-state index contributed by atoms with van der Waals surface area (Å²) in [5, 5.41) is 7.81. The second-order valence-corrected chi connectivity index (χ2v) is 11.0. The first-order valence-corrected chi connectivity index (χ1v) is 14.4. The SMILES string of the molecule is CCCCC(CC)CCc1c2ccsc2c(CCC(CC)CCCC)c2ccsc12. The molecule has 2 atom stereocenters. The first kappa shape index (κ1) is 23.8. The van der Waals surface area contributed by atoms with Crippen molar-refractivity contribution in [3.05, 3.63) is 34.0 Å². The fourth-order valence-electron chi connectivity index (χ4n) is 5.09. The summed E-state index contributed by atoms with van der Waals surface area (Å²) in [6.07, 6.45) is 16.1. The van der Waals surface area contributed by atoms with Gasteiger partial charge in [-0.3, -0.25) is 0 Å². The Kier molecular flexibility index (Phi) is 9.71. The van der Waals surface area contributed by atoms with Crippen LogP contribution in [-0.2, 0) is 12.8 Å². The fourth-order valence-corrected chi connectivity index (χ4v) is 7.12. The van der Waals surface area contributed by atoms with Crippen molar-refractivity contribution < 1.29 is 0 Å². The topological polar surface area (TPSA) is 0 Å². The average Bonchev–Trinajstić information content (AvgIpc) is 3.44. The normalized spacial score (nSPS) is 14.0. The predicted molar refractivity (Wildman–Crippen MR) is 140 cm³/mol. The van der Waals surface area contributed by atoms with Crippen LogP contribution < -0.4 is 0 Å². The molecular formula is C28H42S2. The average molecular weight is 443 g/mol. The molecule has 3 aromatic rings. The van der Waals surface area contributed by atoms with Crippen molar-refractivity contribution in [2.24, 2.45) is 11.8 Å². The van der Waals surface area contributed by atoms with Gasteiger partial charge in [0.15, 0.2) is 0 Å². The molecule has 30 heavy (non-hydrogen) atoms. The van der Waals surface area contributed by atoms with E-state index in [0.717, 1.165) is 11.8 Å². The van der Waals surface area contributed by atoms with E-state index in [9.17, 15) is 0 Å². The number of unbranched alkanes of at least 4 members (excludes halogenated alkanes) is 2. The minimum Gasteiger partial charge on any atom is -0.143 e. The van der Waals surface area contributed by atoms with Gasteiger partial charge in [-0.05, 0) is 82.3 Å². The maximum atomic E-state index is 2.42. The lowest BCUT2D eigenvalue weighted by molar-refractivity contribution is 0.422. The van der Waals surface area contributed by atoms with Gasteiger partial charge in [0, 0.05) is 9.40 Å². The van der Waals surface area contributed by atoms with Crippen molar-refractivity contribution in [2.75, 3.05) is 0 Å². The molecule has 2 unspecified atom stereocenters. The summed E-state index contributed by atoms with van der Waals surface area (Å²) in [7, 11) is 0. The van der Waals surface area contributed by atoms with Gasteiger partial charge in [0.2, 0.25) is 0 Å². The summed E-state index contributed by atoms with van der Waals surface area (Å²) >= 11 is 3.96. The molecule has 166 valence electrons. The van der Waals surface area contributed by atoms with E-state index in [0.29, 0.717) is 0 Å². The molecule has 0 nitrogen and oxygen atoms in total. The van der Waals surface area contributed by atoms with Crippen molar-refractivity contribution in [1.82, 2.24) is 0 Å². The van der Waals surface area contributed by atoms with Gasteiger partial charge in [-0.2, -0.15) is 0 Å². The van der Waals surface area contributed by atoms with Crippen molar-refractivity contribution in [1.29, 1.82) is 0 Å². The van der Waals surface area contributed by atoms with Gasteiger partial charge in [-0.1, -0.05) is 79.1 Å². The number of rotatable bonds is 14. The van der Waals surface area contributed by atoms with Gasteiger partial charge in [0.1, 0.15) is 0 Å². The van der Waals surface area contributed by atoms with E-state index in [1.165, 1.54) is 77.0 Å². The second-order valence-electron chi connectivity index (χ2n) is 9.19. The maximum Gasteiger partial charge on any atom is 0.0384 e. The smallest absolute Gasteiger partial charge is 0.0384 e.